The number of rotatable bonds is 4. The fraction of sp³-hybridized carbons (Fsp3) is 0.529. The van der Waals surface area contributed by atoms with E-state index in [2.05, 4.69) is 41.9 Å². The van der Waals surface area contributed by atoms with Crippen molar-refractivity contribution >= 4 is 21.4 Å². The second-order valence-corrected chi connectivity index (χ2v) is 7.20. The molecule has 2 nitrogen and oxygen atoms in total. The molecule has 0 spiro atoms. The third kappa shape index (κ3) is 3.05. The van der Waals surface area contributed by atoms with Gasteiger partial charge in [-0.2, -0.15) is 0 Å². The minimum absolute atomic E-state index is 0.497. The Morgan fingerprint density at radius 3 is 3.10 bits per heavy atom. The van der Waals surface area contributed by atoms with E-state index < -0.39 is 5.60 Å². The summed E-state index contributed by atoms with van der Waals surface area (Å²) < 4.78 is 1.34. The molecule has 3 heteroatoms. The minimum Gasteiger partial charge on any atom is -0.389 e. The number of aliphatic hydroxyl groups is 1. The lowest BCUT2D eigenvalue weighted by molar-refractivity contribution is -0.0119. The maximum Gasteiger partial charge on any atom is 0.0774 e. The zero-order valence-corrected chi connectivity index (χ0v) is 12.9. The van der Waals surface area contributed by atoms with E-state index in [9.17, 15) is 5.11 Å². The smallest absolute Gasteiger partial charge is 0.0774 e. The fourth-order valence-electron chi connectivity index (χ4n) is 3.39. The van der Waals surface area contributed by atoms with Gasteiger partial charge in [0.05, 0.1) is 5.60 Å². The largest absolute Gasteiger partial charge is 0.389 e. The van der Waals surface area contributed by atoms with Crippen molar-refractivity contribution in [3.8, 4) is 0 Å². The molecular weight excluding hydrogens is 266 g/mol. The van der Waals surface area contributed by atoms with Gasteiger partial charge in [0, 0.05) is 17.8 Å². The van der Waals surface area contributed by atoms with Crippen LogP contribution in [0, 0.1) is 5.92 Å². The summed E-state index contributed by atoms with van der Waals surface area (Å²) in [4.78, 5) is 0. The Morgan fingerprint density at radius 1 is 1.40 bits per heavy atom. The van der Waals surface area contributed by atoms with Crippen LogP contribution in [-0.4, -0.2) is 17.3 Å². The second kappa shape index (κ2) is 5.84. The van der Waals surface area contributed by atoms with Crippen LogP contribution in [0.1, 0.15) is 38.2 Å². The predicted molar refractivity (Wildman–Crippen MR) is 86.1 cm³/mol. The predicted octanol–water partition coefficient (Wildman–Crippen LogP) is 3.93. The topological polar surface area (TPSA) is 32.3 Å². The monoisotopic (exact) mass is 289 g/mol. The van der Waals surface area contributed by atoms with Crippen LogP contribution in [-0.2, 0) is 6.54 Å². The SMILES string of the molecule is CC1CCCC(O)(CNCc2csc3ccccc23)C1. The molecule has 2 aromatic rings. The maximum atomic E-state index is 10.6. The summed E-state index contributed by atoms with van der Waals surface area (Å²) in [5, 5.41) is 17.7. The maximum absolute atomic E-state index is 10.6. The molecule has 1 aromatic heterocycles. The standard InChI is InChI=1S/C17H23NOS/c1-13-5-4-8-17(19,9-13)12-18-10-14-11-20-16-7-3-2-6-15(14)16/h2-3,6-7,11,13,18-19H,4-5,8-10,12H2,1H3. The summed E-state index contributed by atoms with van der Waals surface area (Å²) in [5.41, 5.74) is 0.849. The lowest BCUT2D eigenvalue weighted by Gasteiger charge is -2.35. The van der Waals surface area contributed by atoms with E-state index in [0.717, 1.165) is 25.8 Å². The van der Waals surface area contributed by atoms with Gasteiger partial charge >= 0.3 is 0 Å². The van der Waals surface area contributed by atoms with Gasteiger partial charge in [-0.1, -0.05) is 38.0 Å². The zero-order valence-electron chi connectivity index (χ0n) is 12.1. The normalized spacial score (nSPS) is 27.0. The van der Waals surface area contributed by atoms with Crippen LogP contribution in [0.2, 0.25) is 0 Å². The molecule has 0 amide bonds. The lowest BCUT2D eigenvalue weighted by atomic mass is 9.79. The Bertz CT molecular complexity index is 579. The van der Waals surface area contributed by atoms with Crippen molar-refractivity contribution in [2.45, 2.75) is 44.8 Å². The Morgan fingerprint density at radius 2 is 2.25 bits per heavy atom. The average molecular weight is 289 g/mol. The minimum atomic E-state index is -0.497. The number of thiophene rings is 1. The number of benzene rings is 1. The second-order valence-electron chi connectivity index (χ2n) is 6.29. The molecule has 0 bridgehead atoms. The summed E-state index contributed by atoms with van der Waals surface area (Å²) in [6, 6.07) is 8.52. The van der Waals surface area contributed by atoms with Gasteiger partial charge in [0.15, 0.2) is 0 Å². The Labute approximate surface area is 124 Å². The van der Waals surface area contributed by atoms with Crippen molar-refractivity contribution in [1.29, 1.82) is 0 Å². The van der Waals surface area contributed by atoms with Crippen molar-refractivity contribution in [3.63, 3.8) is 0 Å². The molecule has 0 radical (unpaired) electrons. The van der Waals surface area contributed by atoms with Gasteiger partial charge in [0.1, 0.15) is 0 Å². The first-order valence-corrected chi connectivity index (χ1v) is 8.42. The number of nitrogens with one attached hydrogen (secondary N) is 1. The highest BCUT2D eigenvalue weighted by Crippen LogP contribution is 2.32. The third-order valence-corrected chi connectivity index (χ3v) is 5.41. The van der Waals surface area contributed by atoms with Crippen LogP contribution < -0.4 is 5.32 Å². The van der Waals surface area contributed by atoms with Gasteiger partial charge in [0.2, 0.25) is 0 Å². The van der Waals surface area contributed by atoms with Gasteiger partial charge in [-0.15, -0.1) is 11.3 Å². The van der Waals surface area contributed by atoms with E-state index in [-0.39, 0.29) is 0 Å². The van der Waals surface area contributed by atoms with Crippen molar-refractivity contribution < 1.29 is 5.11 Å². The summed E-state index contributed by atoms with van der Waals surface area (Å²) in [6.45, 7) is 3.80. The first kappa shape index (κ1) is 14.1. The van der Waals surface area contributed by atoms with E-state index in [0.29, 0.717) is 12.5 Å². The van der Waals surface area contributed by atoms with E-state index in [1.165, 1.54) is 22.1 Å². The molecule has 1 saturated carbocycles. The molecular formula is C17H23NOS. The first-order valence-electron chi connectivity index (χ1n) is 7.54. The molecule has 108 valence electrons. The van der Waals surface area contributed by atoms with E-state index in [1.807, 2.05) is 0 Å². The highest BCUT2D eigenvalue weighted by molar-refractivity contribution is 7.17. The van der Waals surface area contributed by atoms with Crippen molar-refractivity contribution in [2.24, 2.45) is 5.92 Å². The lowest BCUT2D eigenvalue weighted by Crippen LogP contribution is -2.43. The van der Waals surface area contributed by atoms with Gasteiger partial charge in [-0.25, -0.2) is 0 Å². The van der Waals surface area contributed by atoms with Crippen LogP contribution in [0.5, 0.6) is 0 Å². The average Bonchev–Trinajstić information content (AvgIpc) is 2.82. The number of fused-ring (bicyclic) bond motifs is 1. The molecule has 3 rings (SSSR count). The summed E-state index contributed by atoms with van der Waals surface area (Å²) in [6.07, 6.45) is 4.29. The van der Waals surface area contributed by atoms with E-state index in [4.69, 9.17) is 0 Å². The highest BCUT2D eigenvalue weighted by atomic mass is 32.1. The van der Waals surface area contributed by atoms with Crippen LogP contribution >= 0.6 is 11.3 Å². The molecule has 1 aliphatic rings. The molecule has 1 aliphatic carbocycles. The van der Waals surface area contributed by atoms with Gasteiger partial charge in [0.25, 0.3) is 0 Å². The Balaban J connectivity index is 1.60. The van der Waals surface area contributed by atoms with Crippen molar-refractivity contribution in [1.82, 2.24) is 5.32 Å². The Hall–Kier alpha value is -0.900. The molecule has 1 heterocycles. The van der Waals surface area contributed by atoms with Crippen LogP contribution in [0.4, 0.5) is 0 Å². The van der Waals surface area contributed by atoms with Crippen LogP contribution in [0.15, 0.2) is 29.6 Å². The van der Waals surface area contributed by atoms with Gasteiger partial charge in [-0.3, -0.25) is 0 Å². The summed E-state index contributed by atoms with van der Waals surface area (Å²) in [7, 11) is 0. The zero-order chi connectivity index (χ0) is 14.0. The number of hydrogen-bond acceptors (Lipinski definition) is 3. The third-order valence-electron chi connectivity index (χ3n) is 4.40. The number of hydrogen-bond donors (Lipinski definition) is 2. The van der Waals surface area contributed by atoms with Crippen molar-refractivity contribution in [3.05, 3.63) is 35.2 Å². The van der Waals surface area contributed by atoms with E-state index in [1.54, 1.807) is 11.3 Å². The summed E-state index contributed by atoms with van der Waals surface area (Å²) in [5.74, 6) is 0.650. The van der Waals surface area contributed by atoms with E-state index >= 15 is 0 Å². The molecule has 2 atom stereocenters. The van der Waals surface area contributed by atoms with Crippen LogP contribution in [0.25, 0.3) is 10.1 Å². The summed E-state index contributed by atoms with van der Waals surface area (Å²) >= 11 is 1.80. The molecule has 1 fully saturated rings. The molecule has 20 heavy (non-hydrogen) atoms. The van der Waals surface area contributed by atoms with Crippen LogP contribution in [0.3, 0.4) is 0 Å². The molecule has 0 aliphatic heterocycles. The highest BCUT2D eigenvalue weighted by Gasteiger charge is 2.31. The van der Waals surface area contributed by atoms with Gasteiger partial charge < -0.3 is 10.4 Å². The molecule has 2 N–H and O–H groups in total. The first-order chi connectivity index (χ1) is 9.66. The molecule has 0 saturated heterocycles. The van der Waals surface area contributed by atoms with Gasteiger partial charge in [-0.05, 0) is 41.2 Å². The quantitative estimate of drug-likeness (QED) is 0.894. The fourth-order valence-corrected chi connectivity index (χ4v) is 4.36. The van der Waals surface area contributed by atoms with Crippen molar-refractivity contribution in [2.75, 3.05) is 6.54 Å². The molecule has 2 unspecified atom stereocenters. The Kier molecular flexibility index (Phi) is 4.11. The molecule has 1 aromatic carbocycles.